The molecule has 0 fully saturated rings. The van der Waals surface area contributed by atoms with E-state index in [0.29, 0.717) is 16.3 Å². The zero-order valence-electron chi connectivity index (χ0n) is 14.4. The minimum absolute atomic E-state index is 0.203. The van der Waals surface area contributed by atoms with Crippen molar-refractivity contribution < 1.29 is 13.2 Å². The van der Waals surface area contributed by atoms with Crippen LogP contribution in [0.4, 0.5) is 14.5 Å². The van der Waals surface area contributed by atoms with Crippen LogP contribution in [-0.2, 0) is 0 Å². The van der Waals surface area contributed by atoms with Crippen molar-refractivity contribution in [2.75, 3.05) is 5.32 Å². The first-order valence-electron chi connectivity index (χ1n) is 8.45. The van der Waals surface area contributed by atoms with E-state index in [0.717, 1.165) is 5.56 Å². The van der Waals surface area contributed by atoms with Crippen LogP contribution >= 0.6 is 11.6 Å². The molecule has 0 bridgehead atoms. The first-order chi connectivity index (χ1) is 13.6. The zero-order chi connectivity index (χ0) is 19.5. The monoisotopic (exact) mass is 397 g/mol. The summed E-state index contributed by atoms with van der Waals surface area (Å²) in [6, 6.07) is 18.5. The molecule has 1 N–H and O–H groups in total. The van der Waals surface area contributed by atoms with Gasteiger partial charge in [0.2, 0.25) is 11.8 Å². The van der Waals surface area contributed by atoms with E-state index >= 15 is 0 Å². The number of hydrogen-bond acceptors (Lipinski definition) is 4. The maximum atomic E-state index is 13.5. The van der Waals surface area contributed by atoms with Crippen LogP contribution in [-0.4, -0.2) is 10.2 Å². The molecule has 0 saturated heterocycles. The van der Waals surface area contributed by atoms with Gasteiger partial charge in [-0.15, -0.1) is 10.2 Å². The first-order valence-corrected chi connectivity index (χ1v) is 8.83. The molecule has 1 atom stereocenters. The van der Waals surface area contributed by atoms with Crippen LogP contribution in [0.2, 0.25) is 5.02 Å². The quantitative estimate of drug-likeness (QED) is 0.457. The molecule has 4 nitrogen and oxygen atoms in total. The molecule has 0 saturated carbocycles. The summed E-state index contributed by atoms with van der Waals surface area (Å²) >= 11 is 5.99. The van der Waals surface area contributed by atoms with E-state index in [4.69, 9.17) is 16.0 Å². The third-order valence-corrected chi connectivity index (χ3v) is 4.37. The second-order valence-corrected chi connectivity index (χ2v) is 6.53. The van der Waals surface area contributed by atoms with Gasteiger partial charge in [0.15, 0.2) is 0 Å². The molecule has 0 radical (unpaired) electrons. The molecule has 1 aromatic heterocycles. The zero-order valence-corrected chi connectivity index (χ0v) is 15.2. The van der Waals surface area contributed by atoms with E-state index < -0.39 is 11.9 Å². The molecule has 140 valence electrons. The van der Waals surface area contributed by atoms with Crippen molar-refractivity contribution in [2.24, 2.45) is 0 Å². The van der Waals surface area contributed by atoms with Crippen molar-refractivity contribution in [1.29, 1.82) is 0 Å². The fourth-order valence-electron chi connectivity index (χ4n) is 2.75. The minimum Gasteiger partial charge on any atom is -0.418 e. The van der Waals surface area contributed by atoms with Gasteiger partial charge in [0.25, 0.3) is 0 Å². The van der Waals surface area contributed by atoms with Crippen LogP contribution in [0, 0.1) is 11.6 Å². The van der Waals surface area contributed by atoms with Crippen molar-refractivity contribution >= 4 is 17.3 Å². The highest BCUT2D eigenvalue weighted by molar-refractivity contribution is 6.30. The molecular formula is C21H14ClF2N3O. The maximum Gasteiger partial charge on any atom is 0.247 e. The molecule has 0 amide bonds. The molecule has 0 aliphatic carbocycles. The standard InChI is InChI=1S/C21H14ClF2N3O/c22-15-6-4-13(5-7-15)19(25-18-10-8-16(23)9-11-18)21-27-26-20(28-21)14-2-1-3-17(24)12-14/h1-12,19,25H/t19-/m0/s1. The summed E-state index contributed by atoms with van der Waals surface area (Å²) in [6.07, 6.45) is 0. The van der Waals surface area contributed by atoms with Gasteiger partial charge in [-0.1, -0.05) is 29.8 Å². The molecule has 1 heterocycles. The van der Waals surface area contributed by atoms with Crippen LogP contribution in [0.3, 0.4) is 0 Å². The molecule has 3 aromatic carbocycles. The second kappa shape index (κ2) is 7.78. The lowest BCUT2D eigenvalue weighted by Crippen LogP contribution is -2.13. The number of anilines is 1. The van der Waals surface area contributed by atoms with Gasteiger partial charge in [-0.3, -0.25) is 0 Å². The number of hydrogen-bond donors (Lipinski definition) is 1. The topological polar surface area (TPSA) is 51.0 Å². The van der Waals surface area contributed by atoms with E-state index in [-0.39, 0.29) is 17.6 Å². The molecule has 28 heavy (non-hydrogen) atoms. The Hall–Kier alpha value is -3.25. The Balaban J connectivity index is 1.70. The van der Waals surface area contributed by atoms with Crippen molar-refractivity contribution in [3.63, 3.8) is 0 Å². The second-order valence-electron chi connectivity index (χ2n) is 6.09. The fraction of sp³-hybridized carbons (Fsp3) is 0.0476. The highest BCUT2D eigenvalue weighted by atomic mass is 35.5. The van der Waals surface area contributed by atoms with Crippen LogP contribution in [0.5, 0.6) is 0 Å². The fourth-order valence-corrected chi connectivity index (χ4v) is 2.87. The summed E-state index contributed by atoms with van der Waals surface area (Å²) < 4.78 is 32.5. The van der Waals surface area contributed by atoms with Crippen molar-refractivity contribution in [3.05, 3.63) is 101 Å². The molecule has 0 unspecified atom stereocenters. The average Bonchev–Trinajstić information content (AvgIpc) is 3.18. The van der Waals surface area contributed by atoms with E-state index in [9.17, 15) is 8.78 Å². The summed E-state index contributed by atoms with van der Waals surface area (Å²) in [7, 11) is 0. The SMILES string of the molecule is Fc1ccc(N[C@@H](c2ccc(Cl)cc2)c2nnc(-c3cccc(F)c3)o2)cc1. The largest absolute Gasteiger partial charge is 0.418 e. The third kappa shape index (κ3) is 4.02. The molecule has 4 aromatic rings. The van der Waals surface area contributed by atoms with Crippen LogP contribution < -0.4 is 5.32 Å². The molecular weight excluding hydrogens is 384 g/mol. The Bertz CT molecular complexity index is 1080. The molecule has 4 rings (SSSR count). The maximum absolute atomic E-state index is 13.5. The van der Waals surface area contributed by atoms with E-state index in [1.54, 1.807) is 36.4 Å². The Kier molecular flexibility index (Phi) is 5.04. The van der Waals surface area contributed by atoms with Gasteiger partial charge < -0.3 is 9.73 Å². The Labute approximate surface area is 164 Å². The molecule has 0 aliphatic rings. The van der Waals surface area contributed by atoms with Crippen molar-refractivity contribution in [1.82, 2.24) is 10.2 Å². The summed E-state index contributed by atoms with van der Waals surface area (Å²) in [6.45, 7) is 0. The Morgan fingerprint density at radius 1 is 0.857 bits per heavy atom. The lowest BCUT2D eigenvalue weighted by Gasteiger charge is -2.17. The van der Waals surface area contributed by atoms with Crippen LogP contribution in [0.15, 0.2) is 77.2 Å². The van der Waals surface area contributed by atoms with E-state index in [1.165, 1.54) is 24.3 Å². The van der Waals surface area contributed by atoms with E-state index in [2.05, 4.69) is 15.5 Å². The number of nitrogens with one attached hydrogen (secondary N) is 1. The van der Waals surface area contributed by atoms with E-state index in [1.807, 2.05) is 12.1 Å². The van der Waals surface area contributed by atoms with Gasteiger partial charge in [-0.05, 0) is 60.2 Å². The van der Waals surface area contributed by atoms with Crippen molar-refractivity contribution in [2.45, 2.75) is 6.04 Å². The minimum atomic E-state index is -0.502. The first kappa shape index (κ1) is 18.1. The van der Waals surface area contributed by atoms with Gasteiger partial charge in [-0.25, -0.2) is 8.78 Å². The van der Waals surface area contributed by atoms with Gasteiger partial charge >= 0.3 is 0 Å². The van der Waals surface area contributed by atoms with Gasteiger partial charge in [0.05, 0.1) is 0 Å². The summed E-state index contributed by atoms with van der Waals surface area (Å²) in [5, 5.41) is 12.0. The lowest BCUT2D eigenvalue weighted by molar-refractivity contribution is 0.493. The Morgan fingerprint density at radius 2 is 1.61 bits per heavy atom. The number of aromatic nitrogens is 2. The molecule has 0 aliphatic heterocycles. The smallest absolute Gasteiger partial charge is 0.247 e. The number of halogens is 3. The average molecular weight is 398 g/mol. The molecule has 0 spiro atoms. The highest BCUT2D eigenvalue weighted by Crippen LogP contribution is 2.29. The lowest BCUT2D eigenvalue weighted by atomic mass is 10.1. The van der Waals surface area contributed by atoms with Gasteiger partial charge in [0, 0.05) is 16.3 Å². The Morgan fingerprint density at radius 3 is 2.32 bits per heavy atom. The normalized spacial score (nSPS) is 12.0. The predicted molar refractivity (Wildman–Crippen MR) is 103 cm³/mol. The summed E-state index contributed by atoms with van der Waals surface area (Å²) in [4.78, 5) is 0. The number of nitrogens with zero attached hydrogens (tertiary/aromatic N) is 2. The number of rotatable bonds is 5. The predicted octanol–water partition coefficient (Wildman–Crippen LogP) is 5.87. The van der Waals surface area contributed by atoms with Gasteiger partial charge in [-0.2, -0.15) is 0 Å². The third-order valence-electron chi connectivity index (χ3n) is 4.12. The number of benzene rings is 3. The summed E-state index contributed by atoms with van der Waals surface area (Å²) in [5.74, 6) is -0.240. The van der Waals surface area contributed by atoms with Gasteiger partial charge in [0.1, 0.15) is 17.7 Å². The highest BCUT2D eigenvalue weighted by Gasteiger charge is 2.22. The van der Waals surface area contributed by atoms with Crippen LogP contribution in [0.1, 0.15) is 17.5 Å². The van der Waals surface area contributed by atoms with Crippen LogP contribution in [0.25, 0.3) is 11.5 Å². The van der Waals surface area contributed by atoms with Crippen molar-refractivity contribution in [3.8, 4) is 11.5 Å². The molecule has 7 heteroatoms. The summed E-state index contributed by atoms with van der Waals surface area (Å²) in [5.41, 5.74) is 1.98.